The fourth-order valence-corrected chi connectivity index (χ4v) is 2.37. The molecule has 0 radical (unpaired) electrons. The van der Waals surface area contributed by atoms with E-state index in [2.05, 4.69) is 15.9 Å². The van der Waals surface area contributed by atoms with Crippen LogP contribution >= 0.6 is 15.9 Å². The third-order valence-corrected chi connectivity index (χ3v) is 3.78. The molecule has 2 rings (SSSR count). The molecule has 5 heteroatoms. The first kappa shape index (κ1) is 14.9. The predicted octanol–water partition coefficient (Wildman–Crippen LogP) is 3.99. The van der Waals surface area contributed by atoms with E-state index in [1.165, 1.54) is 20.1 Å². The number of aliphatic hydroxyl groups is 1. The van der Waals surface area contributed by atoms with Gasteiger partial charge in [-0.2, -0.15) is 0 Å². The van der Waals surface area contributed by atoms with E-state index >= 15 is 0 Å². The molecule has 0 spiro atoms. The minimum absolute atomic E-state index is 0.0945. The van der Waals surface area contributed by atoms with Gasteiger partial charge in [0.05, 0.1) is 17.1 Å². The highest BCUT2D eigenvalue weighted by Gasteiger charge is 2.33. The Kier molecular flexibility index (Phi) is 4.11. The highest BCUT2D eigenvalue weighted by atomic mass is 79.9. The molecular formula is C15H13BrF2O2. The van der Waals surface area contributed by atoms with Crippen molar-refractivity contribution in [2.24, 2.45) is 0 Å². The van der Waals surface area contributed by atoms with Crippen molar-refractivity contribution >= 4 is 15.9 Å². The molecule has 0 saturated heterocycles. The standard InChI is InChI=1S/C15H13BrF2O2/c1-15(19,9-4-3-5-10(8-9)20-2)13-12(17)7-6-11(16)14(13)18/h3-8,19H,1-2H3. The molecule has 0 heterocycles. The summed E-state index contributed by atoms with van der Waals surface area (Å²) in [6.45, 7) is 1.34. The molecule has 1 unspecified atom stereocenters. The molecule has 0 aliphatic heterocycles. The molecule has 1 N–H and O–H groups in total. The summed E-state index contributed by atoms with van der Waals surface area (Å²) >= 11 is 3.00. The Morgan fingerprint density at radius 1 is 1.20 bits per heavy atom. The molecule has 2 aromatic carbocycles. The van der Waals surface area contributed by atoms with Gasteiger partial charge in [0.1, 0.15) is 23.0 Å². The van der Waals surface area contributed by atoms with Gasteiger partial charge in [-0.25, -0.2) is 8.78 Å². The van der Waals surface area contributed by atoms with Crippen LogP contribution < -0.4 is 4.74 Å². The zero-order valence-electron chi connectivity index (χ0n) is 11.0. The summed E-state index contributed by atoms with van der Waals surface area (Å²) in [5, 5.41) is 10.6. The highest BCUT2D eigenvalue weighted by molar-refractivity contribution is 9.10. The van der Waals surface area contributed by atoms with E-state index in [0.717, 1.165) is 6.07 Å². The lowest BCUT2D eigenvalue weighted by Gasteiger charge is -2.26. The van der Waals surface area contributed by atoms with Gasteiger partial charge in [0.25, 0.3) is 0 Å². The van der Waals surface area contributed by atoms with E-state index in [0.29, 0.717) is 11.3 Å². The van der Waals surface area contributed by atoms with Gasteiger partial charge in [0.2, 0.25) is 0 Å². The summed E-state index contributed by atoms with van der Waals surface area (Å²) < 4.78 is 33.2. The van der Waals surface area contributed by atoms with E-state index in [9.17, 15) is 13.9 Å². The zero-order chi connectivity index (χ0) is 14.9. The molecule has 0 aliphatic rings. The van der Waals surface area contributed by atoms with Crippen LogP contribution in [0.15, 0.2) is 40.9 Å². The third kappa shape index (κ3) is 2.55. The van der Waals surface area contributed by atoms with E-state index in [4.69, 9.17) is 4.74 Å². The first-order valence-electron chi connectivity index (χ1n) is 5.88. The zero-order valence-corrected chi connectivity index (χ0v) is 12.5. The van der Waals surface area contributed by atoms with Crippen molar-refractivity contribution in [2.75, 3.05) is 7.11 Å². The molecule has 0 saturated carbocycles. The Labute approximate surface area is 124 Å². The second kappa shape index (κ2) is 5.50. The molecular weight excluding hydrogens is 330 g/mol. The summed E-state index contributed by atoms with van der Waals surface area (Å²) in [7, 11) is 1.48. The smallest absolute Gasteiger partial charge is 0.146 e. The number of halogens is 3. The molecule has 2 nitrogen and oxygen atoms in total. The number of hydrogen-bond acceptors (Lipinski definition) is 2. The molecule has 106 valence electrons. The minimum atomic E-state index is -1.81. The summed E-state index contributed by atoms with van der Waals surface area (Å²) in [6.07, 6.45) is 0. The third-order valence-electron chi connectivity index (χ3n) is 3.16. The Morgan fingerprint density at radius 3 is 2.55 bits per heavy atom. The van der Waals surface area contributed by atoms with Crippen LogP contribution in [0.3, 0.4) is 0 Å². The van der Waals surface area contributed by atoms with E-state index in [1.807, 2.05) is 0 Å². The Balaban J connectivity index is 2.63. The quantitative estimate of drug-likeness (QED) is 0.854. The minimum Gasteiger partial charge on any atom is -0.497 e. The van der Waals surface area contributed by atoms with Crippen LogP contribution in [0.4, 0.5) is 8.78 Å². The Hall–Kier alpha value is -1.46. The van der Waals surface area contributed by atoms with Crippen LogP contribution in [-0.2, 0) is 5.60 Å². The second-order valence-corrected chi connectivity index (χ2v) is 5.38. The molecule has 2 aromatic rings. The summed E-state index contributed by atoms with van der Waals surface area (Å²) in [6, 6.07) is 8.83. The van der Waals surface area contributed by atoms with Crippen molar-refractivity contribution < 1.29 is 18.6 Å². The van der Waals surface area contributed by atoms with Gasteiger partial charge in [0.15, 0.2) is 0 Å². The molecule has 0 amide bonds. The van der Waals surface area contributed by atoms with Crippen molar-refractivity contribution in [1.29, 1.82) is 0 Å². The van der Waals surface area contributed by atoms with Gasteiger partial charge in [-0.05, 0) is 52.7 Å². The lowest BCUT2D eigenvalue weighted by molar-refractivity contribution is 0.0929. The van der Waals surface area contributed by atoms with Crippen LogP contribution in [0.25, 0.3) is 0 Å². The lowest BCUT2D eigenvalue weighted by atomic mass is 9.87. The number of hydrogen-bond donors (Lipinski definition) is 1. The van der Waals surface area contributed by atoms with Gasteiger partial charge in [-0.1, -0.05) is 12.1 Å². The van der Waals surface area contributed by atoms with Crippen LogP contribution in [0.1, 0.15) is 18.1 Å². The normalized spacial score (nSPS) is 13.9. The second-order valence-electron chi connectivity index (χ2n) is 4.52. The number of rotatable bonds is 3. The monoisotopic (exact) mass is 342 g/mol. The van der Waals surface area contributed by atoms with Crippen molar-refractivity contribution in [3.8, 4) is 5.75 Å². The lowest BCUT2D eigenvalue weighted by Crippen LogP contribution is -2.26. The van der Waals surface area contributed by atoms with E-state index < -0.39 is 22.8 Å². The van der Waals surface area contributed by atoms with Crippen LogP contribution in [0.2, 0.25) is 0 Å². The Morgan fingerprint density at radius 2 is 1.90 bits per heavy atom. The maximum absolute atomic E-state index is 14.1. The molecule has 0 aromatic heterocycles. The van der Waals surface area contributed by atoms with Gasteiger partial charge in [-0.15, -0.1) is 0 Å². The van der Waals surface area contributed by atoms with Crippen LogP contribution in [0.5, 0.6) is 5.75 Å². The van der Waals surface area contributed by atoms with Gasteiger partial charge < -0.3 is 9.84 Å². The first-order chi connectivity index (χ1) is 9.37. The largest absolute Gasteiger partial charge is 0.497 e. The molecule has 1 atom stereocenters. The molecule has 0 fully saturated rings. The summed E-state index contributed by atoms with van der Waals surface area (Å²) in [5.41, 5.74) is -1.88. The maximum Gasteiger partial charge on any atom is 0.146 e. The van der Waals surface area contributed by atoms with Crippen LogP contribution in [0, 0.1) is 11.6 Å². The molecule has 0 aliphatic carbocycles. The van der Waals surface area contributed by atoms with Gasteiger partial charge in [-0.3, -0.25) is 0 Å². The number of methoxy groups -OCH3 is 1. The van der Waals surface area contributed by atoms with Gasteiger partial charge in [0, 0.05) is 0 Å². The van der Waals surface area contributed by atoms with Crippen molar-refractivity contribution in [1.82, 2.24) is 0 Å². The van der Waals surface area contributed by atoms with Crippen LogP contribution in [-0.4, -0.2) is 12.2 Å². The Bertz CT molecular complexity index is 642. The fraction of sp³-hybridized carbons (Fsp3) is 0.200. The number of benzene rings is 2. The fourth-order valence-electron chi connectivity index (χ4n) is 2.04. The first-order valence-corrected chi connectivity index (χ1v) is 6.68. The van der Waals surface area contributed by atoms with Crippen molar-refractivity contribution in [3.63, 3.8) is 0 Å². The van der Waals surface area contributed by atoms with Crippen molar-refractivity contribution in [2.45, 2.75) is 12.5 Å². The average Bonchev–Trinajstić information content (AvgIpc) is 2.43. The van der Waals surface area contributed by atoms with E-state index in [1.54, 1.807) is 24.3 Å². The summed E-state index contributed by atoms with van der Waals surface area (Å²) in [4.78, 5) is 0. The predicted molar refractivity (Wildman–Crippen MR) is 75.7 cm³/mol. The summed E-state index contributed by atoms with van der Waals surface area (Å²) in [5.74, 6) is -1.13. The average molecular weight is 343 g/mol. The molecule has 0 bridgehead atoms. The molecule has 20 heavy (non-hydrogen) atoms. The maximum atomic E-state index is 14.1. The highest BCUT2D eigenvalue weighted by Crippen LogP contribution is 2.36. The topological polar surface area (TPSA) is 29.5 Å². The SMILES string of the molecule is COc1cccc(C(C)(O)c2c(F)ccc(Br)c2F)c1. The number of ether oxygens (including phenoxy) is 1. The van der Waals surface area contributed by atoms with Crippen molar-refractivity contribution in [3.05, 3.63) is 63.6 Å². The van der Waals surface area contributed by atoms with Gasteiger partial charge >= 0.3 is 0 Å². The van der Waals surface area contributed by atoms with E-state index in [-0.39, 0.29) is 4.47 Å².